The Labute approximate surface area is 206 Å². The molecule has 5 rings (SSSR count). The standard InChI is InChI=1S/C28H23BrN2O3/c1-27(2,3)26(34)23-22(17-9-11-18(29)12-10-17)28(21-13-8-16(14-30)15-31(21)23)24(32)19-6-4-5-7-20(19)25(28)33/h4-13,15,21-23H,1-3H3/t21-,22-,23-/m0/s1. The Morgan fingerprint density at radius 2 is 1.62 bits per heavy atom. The molecule has 3 aliphatic rings. The third-order valence-electron chi connectivity index (χ3n) is 7.20. The molecule has 2 heterocycles. The second kappa shape index (κ2) is 7.61. The normalized spacial score (nSPS) is 24.6. The fourth-order valence-corrected chi connectivity index (χ4v) is 5.98. The van der Waals surface area contributed by atoms with Crippen molar-refractivity contribution in [3.8, 4) is 6.07 Å². The molecule has 0 unspecified atom stereocenters. The van der Waals surface area contributed by atoms with Crippen molar-refractivity contribution in [2.75, 3.05) is 0 Å². The van der Waals surface area contributed by atoms with Crippen molar-refractivity contribution in [3.63, 3.8) is 0 Å². The Hall–Kier alpha value is -3.30. The minimum atomic E-state index is -1.50. The van der Waals surface area contributed by atoms with Gasteiger partial charge in [-0.1, -0.05) is 79.2 Å². The lowest BCUT2D eigenvalue weighted by atomic mass is 9.63. The van der Waals surface area contributed by atoms with Crippen LogP contribution in [0.3, 0.4) is 0 Å². The maximum atomic E-state index is 14.2. The summed E-state index contributed by atoms with van der Waals surface area (Å²) in [5.41, 5.74) is -0.325. The molecule has 34 heavy (non-hydrogen) atoms. The number of Topliss-reactive ketones (excluding diaryl/α,β-unsaturated/α-hetero) is 3. The second-order valence-electron chi connectivity index (χ2n) is 10.1. The van der Waals surface area contributed by atoms with Crippen LogP contribution in [-0.2, 0) is 4.79 Å². The van der Waals surface area contributed by atoms with Crippen LogP contribution in [0, 0.1) is 22.2 Å². The molecule has 170 valence electrons. The molecule has 1 aliphatic carbocycles. The molecule has 0 amide bonds. The van der Waals surface area contributed by atoms with Crippen LogP contribution in [0.1, 0.15) is 53.0 Å². The van der Waals surface area contributed by atoms with E-state index in [0.717, 1.165) is 10.0 Å². The molecule has 2 aromatic carbocycles. The van der Waals surface area contributed by atoms with Crippen molar-refractivity contribution in [2.45, 2.75) is 38.8 Å². The molecule has 0 saturated carbocycles. The average Bonchev–Trinajstić information content (AvgIpc) is 3.24. The summed E-state index contributed by atoms with van der Waals surface area (Å²) in [7, 11) is 0. The highest BCUT2D eigenvalue weighted by Gasteiger charge is 2.71. The van der Waals surface area contributed by atoms with Gasteiger partial charge >= 0.3 is 0 Å². The predicted molar refractivity (Wildman–Crippen MR) is 131 cm³/mol. The highest BCUT2D eigenvalue weighted by molar-refractivity contribution is 9.10. The zero-order valence-corrected chi connectivity index (χ0v) is 20.7. The van der Waals surface area contributed by atoms with E-state index in [2.05, 4.69) is 22.0 Å². The second-order valence-corrected chi connectivity index (χ2v) is 11.0. The van der Waals surface area contributed by atoms with Gasteiger partial charge in [0.1, 0.15) is 11.5 Å². The molecular weight excluding hydrogens is 492 g/mol. The summed E-state index contributed by atoms with van der Waals surface area (Å²) in [5.74, 6) is -1.33. The van der Waals surface area contributed by atoms with Crippen molar-refractivity contribution in [1.82, 2.24) is 4.90 Å². The number of hydrogen-bond donors (Lipinski definition) is 0. The first-order valence-electron chi connectivity index (χ1n) is 11.2. The van der Waals surface area contributed by atoms with E-state index >= 15 is 0 Å². The molecule has 2 aliphatic heterocycles. The molecule has 2 aromatic rings. The van der Waals surface area contributed by atoms with Gasteiger partial charge in [-0.3, -0.25) is 14.4 Å². The van der Waals surface area contributed by atoms with E-state index < -0.39 is 28.8 Å². The van der Waals surface area contributed by atoms with E-state index in [0.29, 0.717) is 16.7 Å². The number of carbonyl (C=O) groups is 3. The molecule has 0 radical (unpaired) electrons. The van der Waals surface area contributed by atoms with Gasteiger partial charge in [-0.05, 0) is 23.8 Å². The number of halogens is 1. The van der Waals surface area contributed by atoms with E-state index in [-0.39, 0.29) is 17.3 Å². The van der Waals surface area contributed by atoms with Gasteiger partial charge in [-0.15, -0.1) is 0 Å². The molecule has 5 nitrogen and oxygen atoms in total. The van der Waals surface area contributed by atoms with Crippen LogP contribution in [-0.4, -0.2) is 34.3 Å². The molecule has 6 heteroatoms. The van der Waals surface area contributed by atoms with Gasteiger partial charge in [0.15, 0.2) is 17.3 Å². The smallest absolute Gasteiger partial charge is 0.180 e. The Bertz CT molecular complexity index is 1310. The third-order valence-corrected chi connectivity index (χ3v) is 7.72. The van der Waals surface area contributed by atoms with Gasteiger partial charge in [-0.2, -0.15) is 5.26 Å². The largest absolute Gasteiger partial charge is 0.358 e. The lowest BCUT2D eigenvalue weighted by molar-refractivity contribution is -0.130. The minimum Gasteiger partial charge on any atom is -0.358 e. The van der Waals surface area contributed by atoms with E-state index in [4.69, 9.17) is 0 Å². The topological polar surface area (TPSA) is 78.2 Å². The number of carbonyl (C=O) groups excluding carboxylic acids is 3. The van der Waals surface area contributed by atoms with Crippen molar-refractivity contribution >= 4 is 33.3 Å². The highest BCUT2D eigenvalue weighted by Crippen LogP contribution is 2.60. The number of rotatable bonds is 2. The van der Waals surface area contributed by atoms with Crippen molar-refractivity contribution in [2.24, 2.45) is 10.8 Å². The number of benzene rings is 2. The molecule has 0 N–H and O–H groups in total. The number of hydrogen-bond acceptors (Lipinski definition) is 5. The summed E-state index contributed by atoms with van der Waals surface area (Å²) < 4.78 is 0.860. The van der Waals surface area contributed by atoms with Gasteiger partial charge < -0.3 is 4.90 Å². The first kappa shape index (κ1) is 22.5. The molecule has 0 aromatic heterocycles. The van der Waals surface area contributed by atoms with Crippen LogP contribution in [0.4, 0.5) is 0 Å². The third kappa shape index (κ3) is 2.93. The van der Waals surface area contributed by atoms with Crippen LogP contribution in [0.5, 0.6) is 0 Å². The molecule has 1 saturated heterocycles. The zero-order valence-electron chi connectivity index (χ0n) is 19.1. The van der Waals surface area contributed by atoms with E-state index in [1.54, 1.807) is 47.5 Å². The molecular formula is C28H23BrN2O3. The van der Waals surface area contributed by atoms with E-state index in [9.17, 15) is 19.6 Å². The predicted octanol–water partition coefficient (Wildman–Crippen LogP) is 5.24. The van der Waals surface area contributed by atoms with Crippen molar-refractivity contribution < 1.29 is 14.4 Å². The molecule has 3 atom stereocenters. The van der Waals surface area contributed by atoms with Gasteiger partial charge in [-0.25, -0.2) is 0 Å². The quantitative estimate of drug-likeness (QED) is 0.511. The summed E-state index contributed by atoms with van der Waals surface area (Å²) in [6.07, 6.45) is 5.04. The Morgan fingerprint density at radius 3 is 2.15 bits per heavy atom. The number of ketones is 3. The van der Waals surface area contributed by atoms with Gasteiger partial charge in [0.05, 0.1) is 17.7 Å². The van der Waals surface area contributed by atoms with Crippen LogP contribution >= 0.6 is 15.9 Å². The number of nitrogens with zero attached hydrogens (tertiary/aromatic N) is 2. The SMILES string of the molecule is CC(C)(C)C(=O)[C@@H]1[C@H](c2ccc(Br)cc2)C2(C(=O)c3ccccc3C2=O)[C@@H]2C=CC(C#N)=CN12. The fraction of sp³-hybridized carbons (Fsp3) is 0.286. The van der Waals surface area contributed by atoms with E-state index in [1.165, 1.54) is 0 Å². The number of fused-ring (bicyclic) bond motifs is 3. The van der Waals surface area contributed by atoms with Crippen molar-refractivity contribution in [1.29, 1.82) is 5.26 Å². The Balaban J connectivity index is 1.84. The minimum absolute atomic E-state index is 0.0808. The van der Waals surface area contributed by atoms with E-state index in [1.807, 2.05) is 45.0 Å². The van der Waals surface area contributed by atoms with Gasteiger partial charge in [0.25, 0.3) is 0 Å². The first-order valence-corrected chi connectivity index (χ1v) is 12.0. The summed E-state index contributed by atoms with van der Waals surface area (Å²) in [4.78, 5) is 44.2. The first-order chi connectivity index (χ1) is 16.1. The summed E-state index contributed by atoms with van der Waals surface area (Å²) in [6.45, 7) is 5.53. The average molecular weight is 515 g/mol. The molecule has 1 fully saturated rings. The maximum absolute atomic E-state index is 14.2. The number of allylic oxidation sites excluding steroid dienone is 2. The highest BCUT2D eigenvalue weighted by atomic mass is 79.9. The van der Waals surface area contributed by atoms with Gasteiger partial charge in [0.2, 0.25) is 0 Å². The molecule has 0 bridgehead atoms. The molecule has 1 spiro atoms. The maximum Gasteiger partial charge on any atom is 0.180 e. The fourth-order valence-electron chi connectivity index (χ4n) is 5.71. The lowest BCUT2D eigenvalue weighted by Crippen LogP contribution is -2.47. The Kier molecular flexibility index (Phi) is 5.03. The van der Waals surface area contributed by atoms with Crippen LogP contribution in [0.15, 0.2) is 76.9 Å². The number of nitriles is 1. The van der Waals surface area contributed by atoms with Crippen LogP contribution in [0.25, 0.3) is 0 Å². The monoisotopic (exact) mass is 514 g/mol. The summed E-state index contributed by atoms with van der Waals surface area (Å²) in [5, 5.41) is 9.59. The Morgan fingerprint density at radius 1 is 1.03 bits per heavy atom. The lowest BCUT2D eigenvalue weighted by Gasteiger charge is -2.34. The zero-order chi connectivity index (χ0) is 24.4. The van der Waals surface area contributed by atoms with Crippen LogP contribution < -0.4 is 0 Å². The van der Waals surface area contributed by atoms with Crippen molar-refractivity contribution in [3.05, 3.63) is 93.6 Å². The van der Waals surface area contributed by atoms with Crippen LogP contribution in [0.2, 0.25) is 0 Å². The summed E-state index contributed by atoms with van der Waals surface area (Å²) in [6, 6.07) is 15.0. The summed E-state index contributed by atoms with van der Waals surface area (Å²) >= 11 is 3.46. The van der Waals surface area contributed by atoms with Gasteiger partial charge in [0, 0.05) is 33.1 Å².